The molecular weight excluding hydrogens is 513 g/mol. The first-order valence-corrected chi connectivity index (χ1v) is 14.7. The number of nitrogens with one attached hydrogen (secondary N) is 2. The monoisotopic (exact) mass is 553 g/mol. The minimum absolute atomic E-state index is 0.00903. The van der Waals surface area contributed by atoms with Crippen LogP contribution in [-0.4, -0.2) is 62.1 Å². The predicted molar refractivity (Wildman–Crippen MR) is 164 cm³/mol. The number of amides is 1. The molecule has 3 aromatic carbocycles. The highest BCUT2D eigenvalue weighted by atomic mass is 16.7. The Hall–Kier alpha value is -3.17. The van der Waals surface area contributed by atoms with Crippen molar-refractivity contribution in [1.29, 1.82) is 0 Å². The van der Waals surface area contributed by atoms with E-state index in [-0.39, 0.29) is 12.5 Å². The first kappa shape index (κ1) is 28.0. The summed E-state index contributed by atoms with van der Waals surface area (Å²) in [7, 11) is -0.522. The minimum Gasteiger partial charge on any atom is -0.448 e. The van der Waals surface area contributed by atoms with E-state index in [1.165, 1.54) is 22.3 Å². The Kier molecular flexibility index (Phi) is 7.45. The molecule has 0 unspecified atom stereocenters. The number of hydrogen-bond acceptors (Lipinski definition) is 6. The first-order chi connectivity index (χ1) is 19.6. The van der Waals surface area contributed by atoms with Gasteiger partial charge in [-0.3, -0.25) is 10.2 Å². The van der Waals surface area contributed by atoms with Gasteiger partial charge in [0.25, 0.3) is 0 Å². The number of ether oxygens (including phenoxy) is 1. The molecule has 6 rings (SSSR count). The summed E-state index contributed by atoms with van der Waals surface area (Å²) >= 11 is 0. The molecule has 0 saturated carbocycles. The Morgan fingerprint density at radius 1 is 0.976 bits per heavy atom. The standard InChI is InChI=1S/C33H40BN3O4/c1-22-23(20-37-16-14-35-15-17-37)18-24(19-30(22)34-40-32(2,3)33(4,5)41-34)36-31(38)39-21-29-27-12-8-6-10-25(27)26-11-7-9-13-28(26)29/h6-13,18-19,29,35H,14-17,20-21H2,1-5H3,(H,36,38). The van der Waals surface area contributed by atoms with E-state index in [4.69, 9.17) is 14.0 Å². The summed E-state index contributed by atoms with van der Waals surface area (Å²) in [6, 6.07) is 20.8. The highest BCUT2D eigenvalue weighted by molar-refractivity contribution is 6.62. The number of nitrogens with zero attached hydrogens (tertiary/aromatic N) is 1. The molecule has 1 aliphatic carbocycles. The molecule has 7 nitrogen and oxygen atoms in total. The molecule has 214 valence electrons. The lowest BCUT2D eigenvalue weighted by molar-refractivity contribution is 0.00578. The SMILES string of the molecule is Cc1c(CN2CCNCC2)cc(NC(=O)OCC2c3ccccc3-c3ccccc32)cc1B1OC(C)(C)C(C)(C)O1. The maximum atomic E-state index is 13.2. The van der Waals surface area contributed by atoms with Gasteiger partial charge in [0.05, 0.1) is 11.2 Å². The van der Waals surface area contributed by atoms with Gasteiger partial charge in [0.2, 0.25) is 0 Å². The summed E-state index contributed by atoms with van der Waals surface area (Å²) in [6.45, 7) is 15.3. The third kappa shape index (κ3) is 5.42. The number of fused-ring (bicyclic) bond motifs is 3. The molecule has 3 aromatic rings. The van der Waals surface area contributed by atoms with Crippen molar-refractivity contribution >= 4 is 24.4 Å². The van der Waals surface area contributed by atoms with Gasteiger partial charge in [0.1, 0.15) is 6.61 Å². The maximum absolute atomic E-state index is 13.2. The minimum atomic E-state index is -0.522. The zero-order valence-electron chi connectivity index (χ0n) is 24.8. The second kappa shape index (κ2) is 10.9. The summed E-state index contributed by atoms with van der Waals surface area (Å²) in [5, 5.41) is 6.44. The van der Waals surface area contributed by atoms with E-state index >= 15 is 0 Å². The van der Waals surface area contributed by atoms with Crippen LogP contribution in [0.4, 0.5) is 10.5 Å². The van der Waals surface area contributed by atoms with Crippen molar-refractivity contribution in [3.8, 4) is 11.1 Å². The van der Waals surface area contributed by atoms with Gasteiger partial charge in [0.15, 0.2) is 0 Å². The fourth-order valence-electron chi connectivity index (χ4n) is 6.11. The second-order valence-corrected chi connectivity index (χ2v) is 12.4. The molecule has 0 atom stereocenters. The number of carbonyl (C=O) groups excluding carboxylic acids is 1. The van der Waals surface area contributed by atoms with Crippen LogP contribution in [0.1, 0.15) is 55.9 Å². The predicted octanol–water partition coefficient (Wildman–Crippen LogP) is 5.06. The van der Waals surface area contributed by atoms with Crippen molar-refractivity contribution in [3.63, 3.8) is 0 Å². The molecule has 2 heterocycles. The number of piperazine rings is 1. The van der Waals surface area contributed by atoms with Crippen molar-refractivity contribution in [1.82, 2.24) is 10.2 Å². The van der Waals surface area contributed by atoms with Crippen LogP contribution >= 0.6 is 0 Å². The smallest absolute Gasteiger partial charge is 0.448 e. The quantitative estimate of drug-likeness (QED) is 0.416. The molecule has 8 heteroatoms. The molecular formula is C33H40BN3O4. The number of rotatable bonds is 6. The highest BCUT2D eigenvalue weighted by Crippen LogP contribution is 2.44. The lowest BCUT2D eigenvalue weighted by atomic mass is 9.74. The lowest BCUT2D eigenvalue weighted by Gasteiger charge is -2.32. The van der Waals surface area contributed by atoms with Gasteiger partial charge in [-0.2, -0.15) is 0 Å². The van der Waals surface area contributed by atoms with E-state index in [1.807, 2.05) is 18.2 Å². The van der Waals surface area contributed by atoms with E-state index in [9.17, 15) is 4.79 Å². The molecule has 1 amide bonds. The van der Waals surface area contributed by atoms with E-state index in [1.54, 1.807) is 0 Å². The average Bonchev–Trinajstić information content (AvgIpc) is 3.38. The van der Waals surface area contributed by atoms with Crippen molar-refractivity contribution < 1.29 is 18.8 Å². The fraction of sp³-hybridized carbons (Fsp3) is 0.424. The van der Waals surface area contributed by atoms with Crippen LogP contribution in [-0.2, 0) is 20.6 Å². The van der Waals surface area contributed by atoms with Crippen LogP contribution in [0.5, 0.6) is 0 Å². The van der Waals surface area contributed by atoms with Gasteiger partial charge < -0.3 is 19.4 Å². The van der Waals surface area contributed by atoms with Crippen molar-refractivity contribution in [3.05, 3.63) is 82.9 Å². The second-order valence-electron chi connectivity index (χ2n) is 12.4. The summed E-state index contributed by atoms with van der Waals surface area (Å²) < 4.78 is 18.7. The number of hydrogen-bond donors (Lipinski definition) is 2. The summed E-state index contributed by atoms with van der Waals surface area (Å²) in [4.78, 5) is 15.6. The number of carbonyl (C=O) groups is 1. The van der Waals surface area contributed by atoms with Gasteiger partial charge in [-0.1, -0.05) is 48.5 Å². The summed E-state index contributed by atoms with van der Waals surface area (Å²) in [6.07, 6.45) is -0.469. The number of benzene rings is 3. The van der Waals surface area contributed by atoms with Crippen molar-refractivity contribution in [2.75, 3.05) is 38.1 Å². The van der Waals surface area contributed by atoms with Gasteiger partial charge in [-0.15, -0.1) is 0 Å². The third-order valence-corrected chi connectivity index (χ3v) is 9.26. The first-order valence-electron chi connectivity index (χ1n) is 14.7. The van der Waals surface area contributed by atoms with E-state index in [0.717, 1.165) is 49.3 Å². The van der Waals surface area contributed by atoms with Crippen LogP contribution in [0.15, 0.2) is 60.7 Å². The molecule has 3 aliphatic rings. The van der Waals surface area contributed by atoms with E-state index in [0.29, 0.717) is 5.69 Å². The Bertz CT molecular complexity index is 1390. The summed E-state index contributed by atoms with van der Waals surface area (Å²) in [5.41, 5.74) is 7.77. The molecule has 0 aromatic heterocycles. The summed E-state index contributed by atoms with van der Waals surface area (Å²) in [5.74, 6) is 0.00903. The fourth-order valence-corrected chi connectivity index (χ4v) is 6.11. The van der Waals surface area contributed by atoms with Crippen LogP contribution in [0.25, 0.3) is 11.1 Å². The largest absolute Gasteiger partial charge is 0.495 e. The number of anilines is 1. The van der Waals surface area contributed by atoms with Crippen LogP contribution in [0.3, 0.4) is 0 Å². The van der Waals surface area contributed by atoms with Gasteiger partial charge in [-0.25, -0.2) is 4.79 Å². The van der Waals surface area contributed by atoms with Crippen LogP contribution in [0.2, 0.25) is 0 Å². The Morgan fingerprint density at radius 3 is 2.17 bits per heavy atom. The molecule has 0 bridgehead atoms. The van der Waals surface area contributed by atoms with Crippen LogP contribution < -0.4 is 16.1 Å². The van der Waals surface area contributed by atoms with Gasteiger partial charge >= 0.3 is 13.2 Å². The Balaban J connectivity index is 1.23. The molecule has 2 N–H and O–H groups in total. The third-order valence-electron chi connectivity index (χ3n) is 9.26. The van der Waals surface area contributed by atoms with E-state index < -0.39 is 24.4 Å². The molecule has 2 saturated heterocycles. The Morgan fingerprint density at radius 2 is 1.56 bits per heavy atom. The molecule has 41 heavy (non-hydrogen) atoms. The zero-order chi connectivity index (χ0) is 28.8. The Labute approximate surface area is 243 Å². The maximum Gasteiger partial charge on any atom is 0.495 e. The van der Waals surface area contributed by atoms with Crippen molar-refractivity contribution in [2.24, 2.45) is 0 Å². The molecule has 2 aliphatic heterocycles. The normalized spacial score (nSPS) is 19.6. The topological polar surface area (TPSA) is 72.1 Å². The van der Waals surface area contributed by atoms with Crippen molar-refractivity contribution in [2.45, 2.75) is 58.3 Å². The lowest BCUT2D eigenvalue weighted by Crippen LogP contribution is -2.43. The zero-order valence-corrected chi connectivity index (χ0v) is 24.8. The average molecular weight is 554 g/mol. The molecule has 2 fully saturated rings. The molecule has 0 radical (unpaired) electrons. The van der Waals surface area contributed by atoms with Crippen LogP contribution in [0, 0.1) is 6.92 Å². The molecule has 0 spiro atoms. The highest BCUT2D eigenvalue weighted by Gasteiger charge is 2.52. The van der Waals surface area contributed by atoms with Gasteiger partial charge in [-0.05, 0) is 85.6 Å². The van der Waals surface area contributed by atoms with E-state index in [2.05, 4.69) is 92.6 Å². The van der Waals surface area contributed by atoms with Gasteiger partial charge in [0, 0.05) is 44.3 Å².